The van der Waals surface area contributed by atoms with Gasteiger partial charge in [-0.05, 0) is 51.6 Å². The van der Waals surface area contributed by atoms with Gasteiger partial charge in [0.05, 0.1) is 35.6 Å². The smallest absolute Gasteiger partial charge is 0.0960 e. The van der Waals surface area contributed by atoms with Gasteiger partial charge in [0.2, 0.25) is 0 Å². The Morgan fingerprint density at radius 1 is 0.607 bits per heavy atom. The lowest BCUT2D eigenvalue weighted by Crippen LogP contribution is -1.83. The molecule has 0 amide bonds. The molecule has 0 bridgehead atoms. The van der Waals surface area contributed by atoms with Crippen LogP contribution in [0.2, 0.25) is 0 Å². The Kier molecular flexibility index (Phi) is 3.14. The molecule has 0 aliphatic heterocycles. The van der Waals surface area contributed by atoms with Gasteiger partial charge in [0.25, 0.3) is 0 Å². The minimum Gasteiger partial charge on any atom is -0.345 e. The standard InChI is InChI=1S/C24H16N4/c1-2-17-11-20(23-12-25-13-26-23)4-3-16(17)9-15(1)18-5-7-21-19(10-18)6-8-22-24(21)28-14-27-22/h1-14H,(H,25,26)(H,27,28). The first kappa shape index (κ1) is 15.2. The summed E-state index contributed by atoms with van der Waals surface area (Å²) >= 11 is 0. The van der Waals surface area contributed by atoms with E-state index in [-0.39, 0.29) is 0 Å². The van der Waals surface area contributed by atoms with Gasteiger partial charge in [-0.25, -0.2) is 9.97 Å². The number of fused-ring (bicyclic) bond motifs is 4. The highest BCUT2D eigenvalue weighted by Crippen LogP contribution is 2.31. The molecule has 132 valence electrons. The van der Waals surface area contributed by atoms with Crippen molar-refractivity contribution in [3.63, 3.8) is 0 Å². The van der Waals surface area contributed by atoms with Crippen molar-refractivity contribution in [2.24, 2.45) is 0 Å². The average molecular weight is 360 g/mol. The number of nitrogens with one attached hydrogen (secondary N) is 2. The normalized spacial score (nSPS) is 11.6. The molecule has 0 radical (unpaired) electrons. The second kappa shape index (κ2) is 5.79. The fourth-order valence-electron chi connectivity index (χ4n) is 3.92. The summed E-state index contributed by atoms with van der Waals surface area (Å²) in [6.07, 6.45) is 5.30. The summed E-state index contributed by atoms with van der Waals surface area (Å²) in [5.74, 6) is 0. The average Bonchev–Trinajstić information content (AvgIpc) is 3.44. The number of aromatic amines is 2. The monoisotopic (exact) mass is 360 g/mol. The molecule has 4 heteroatoms. The van der Waals surface area contributed by atoms with Gasteiger partial charge in [0.15, 0.2) is 0 Å². The van der Waals surface area contributed by atoms with E-state index in [0.717, 1.165) is 22.3 Å². The zero-order valence-corrected chi connectivity index (χ0v) is 15.0. The number of hydrogen-bond donors (Lipinski definition) is 2. The molecule has 2 N–H and O–H groups in total. The molecule has 0 saturated carbocycles. The van der Waals surface area contributed by atoms with Crippen LogP contribution >= 0.6 is 0 Å². The number of H-pyrrole nitrogens is 2. The van der Waals surface area contributed by atoms with E-state index < -0.39 is 0 Å². The van der Waals surface area contributed by atoms with Gasteiger partial charge in [-0.1, -0.05) is 42.5 Å². The molecule has 28 heavy (non-hydrogen) atoms. The molecule has 0 aliphatic rings. The Morgan fingerprint density at radius 3 is 2.14 bits per heavy atom. The number of nitrogens with zero attached hydrogens (tertiary/aromatic N) is 2. The quantitative estimate of drug-likeness (QED) is 0.402. The van der Waals surface area contributed by atoms with E-state index in [1.807, 2.05) is 6.20 Å². The van der Waals surface area contributed by atoms with Crippen LogP contribution in [0, 0.1) is 0 Å². The molecule has 6 rings (SSSR count). The molecule has 4 aromatic carbocycles. The number of aromatic nitrogens is 4. The molecule has 4 nitrogen and oxygen atoms in total. The second-order valence-corrected chi connectivity index (χ2v) is 7.04. The SMILES string of the molecule is c1ncc(-c2ccc3cc(-c4ccc5c(ccc6[nH]cnc65)c4)ccc3c2)[nH]1. The zero-order chi connectivity index (χ0) is 18.5. The molecule has 2 heterocycles. The van der Waals surface area contributed by atoms with Crippen LogP contribution in [0.1, 0.15) is 0 Å². The number of rotatable bonds is 2. The van der Waals surface area contributed by atoms with Crippen LogP contribution in [0.25, 0.3) is 55.0 Å². The number of imidazole rings is 2. The van der Waals surface area contributed by atoms with Crippen LogP contribution in [0.3, 0.4) is 0 Å². The summed E-state index contributed by atoms with van der Waals surface area (Å²) in [5.41, 5.74) is 6.69. The summed E-state index contributed by atoms with van der Waals surface area (Å²) in [7, 11) is 0. The van der Waals surface area contributed by atoms with E-state index in [1.165, 1.54) is 32.7 Å². The van der Waals surface area contributed by atoms with Crippen LogP contribution in [-0.4, -0.2) is 19.9 Å². The van der Waals surface area contributed by atoms with Gasteiger partial charge in [0, 0.05) is 10.9 Å². The van der Waals surface area contributed by atoms with E-state index in [2.05, 4.69) is 86.7 Å². The van der Waals surface area contributed by atoms with Crippen LogP contribution in [0.5, 0.6) is 0 Å². The molecule has 0 atom stereocenters. The first-order chi connectivity index (χ1) is 13.8. The number of hydrogen-bond acceptors (Lipinski definition) is 2. The molecule has 2 aromatic heterocycles. The van der Waals surface area contributed by atoms with Crippen molar-refractivity contribution < 1.29 is 0 Å². The minimum absolute atomic E-state index is 1.02. The van der Waals surface area contributed by atoms with Crippen molar-refractivity contribution in [1.82, 2.24) is 19.9 Å². The van der Waals surface area contributed by atoms with Gasteiger partial charge in [-0.15, -0.1) is 0 Å². The van der Waals surface area contributed by atoms with Gasteiger partial charge in [-0.2, -0.15) is 0 Å². The Labute approximate surface area is 160 Å². The maximum absolute atomic E-state index is 4.46. The lowest BCUT2D eigenvalue weighted by molar-refractivity contribution is 1.31. The third kappa shape index (κ3) is 2.32. The van der Waals surface area contributed by atoms with E-state index in [1.54, 1.807) is 12.7 Å². The lowest BCUT2D eigenvalue weighted by atomic mass is 9.97. The summed E-state index contributed by atoms with van der Waals surface area (Å²) in [5, 5.41) is 4.82. The van der Waals surface area contributed by atoms with Crippen LogP contribution < -0.4 is 0 Å². The van der Waals surface area contributed by atoms with Crippen molar-refractivity contribution in [2.45, 2.75) is 0 Å². The van der Waals surface area contributed by atoms with Crippen LogP contribution in [0.15, 0.2) is 85.6 Å². The van der Waals surface area contributed by atoms with Crippen LogP contribution in [-0.2, 0) is 0 Å². The van der Waals surface area contributed by atoms with Crippen molar-refractivity contribution >= 4 is 32.6 Å². The molecular weight excluding hydrogens is 344 g/mol. The van der Waals surface area contributed by atoms with Crippen molar-refractivity contribution in [3.8, 4) is 22.4 Å². The largest absolute Gasteiger partial charge is 0.345 e. The minimum atomic E-state index is 1.02. The topological polar surface area (TPSA) is 57.4 Å². The predicted molar refractivity (Wildman–Crippen MR) is 114 cm³/mol. The first-order valence-electron chi connectivity index (χ1n) is 9.24. The fraction of sp³-hybridized carbons (Fsp3) is 0. The maximum atomic E-state index is 4.46. The van der Waals surface area contributed by atoms with E-state index in [9.17, 15) is 0 Å². The van der Waals surface area contributed by atoms with E-state index in [0.29, 0.717) is 0 Å². The second-order valence-electron chi connectivity index (χ2n) is 7.04. The van der Waals surface area contributed by atoms with Gasteiger partial charge in [-0.3, -0.25) is 0 Å². The third-order valence-corrected chi connectivity index (χ3v) is 5.39. The van der Waals surface area contributed by atoms with E-state index >= 15 is 0 Å². The Morgan fingerprint density at radius 2 is 1.32 bits per heavy atom. The highest BCUT2D eigenvalue weighted by atomic mass is 14.9. The van der Waals surface area contributed by atoms with E-state index in [4.69, 9.17) is 0 Å². The Bertz CT molecular complexity index is 1460. The highest BCUT2D eigenvalue weighted by Gasteiger charge is 2.07. The summed E-state index contributed by atoms with van der Waals surface area (Å²) in [6.45, 7) is 0. The fourth-order valence-corrected chi connectivity index (χ4v) is 3.92. The Balaban J connectivity index is 1.46. The summed E-state index contributed by atoms with van der Waals surface area (Å²) in [6, 6.07) is 23.9. The lowest BCUT2D eigenvalue weighted by Gasteiger charge is -2.08. The van der Waals surface area contributed by atoms with Gasteiger partial charge in [0.1, 0.15) is 0 Å². The molecule has 0 unspecified atom stereocenters. The number of benzene rings is 4. The highest BCUT2D eigenvalue weighted by molar-refractivity contribution is 6.05. The molecule has 0 saturated heterocycles. The third-order valence-electron chi connectivity index (χ3n) is 5.39. The molecule has 0 spiro atoms. The van der Waals surface area contributed by atoms with Crippen molar-refractivity contribution in [3.05, 3.63) is 85.6 Å². The van der Waals surface area contributed by atoms with Crippen molar-refractivity contribution in [2.75, 3.05) is 0 Å². The van der Waals surface area contributed by atoms with Crippen LogP contribution in [0.4, 0.5) is 0 Å². The summed E-state index contributed by atoms with van der Waals surface area (Å²) < 4.78 is 0. The molecule has 0 fully saturated rings. The van der Waals surface area contributed by atoms with Gasteiger partial charge < -0.3 is 9.97 Å². The van der Waals surface area contributed by atoms with Gasteiger partial charge >= 0.3 is 0 Å². The Hall–Kier alpha value is -3.92. The zero-order valence-electron chi connectivity index (χ0n) is 15.0. The van der Waals surface area contributed by atoms with Crippen molar-refractivity contribution in [1.29, 1.82) is 0 Å². The molecule has 6 aromatic rings. The maximum Gasteiger partial charge on any atom is 0.0960 e. The first-order valence-corrected chi connectivity index (χ1v) is 9.24. The molecule has 0 aliphatic carbocycles. The summed E-state index contributed by atoms with van der Waals surface area (Å²) in [4.78, 5) is 14.9. The molecular formula is C24H16N4. The predicted octanol–water partition coefficient (Wildman–Crippen LogP) is 5.93.